The van der Waals surface area contributed by atoms with E-state index in [-0.39, 0.29) is 6.04 Å². The van der Waals surface area contributed by atoms with E-state index in [0.717, 1.165) is 77.9 Å². The Labute approximate surface area is 246 Å². The minimum atomic E-state index is 0.249. The van der Waals surface area contributed by atoms with Crippen molar-refractivity contribution in [2.24, 2.45) is 0 Å². The summed E-state index contributed by atoms with van der Waals surface area (Å²) in [7, 11) is 0. The second kappa shape index (κ2) is 24.4. The Morgan fingerprint density at radius 3 is 2.02 bits per heavy atom. The van der Waals surface area contributed by atoms with Crippen molar-refractivity contribution >= 4 is 12.3 Å². The number of rotatable bonds is 25. The Hall–Kier alpha value is -1.18. The molecule has 2 amide bonds. The molecular formula is C33H63N3O4. The lowest BCUT2D eigenvalue weighted by atomic mass is 9.98. The molecule has 1 atom stereocenters. The van der Waals surface area contributed by atoms with Crippen molar-refractivity contribution in [1.82, 2.24) is 14.9 Å². The van der Waals surface area contributed by atoms with E-state index in [4.69, 9.17) is 9.57 Å². The van der Waals surface area contributed by atoms with E-state index < -0.39 is 0 Å². The summed E-state index contributed by atoms with van der Waals surface area (Å²) < 4.78 is 5.39. The van der Waals surface area contributed by atoms with Gasteiger partial charge in [-0.2, -0.15) is 0 Å². The normalized spacial score (nSPS) is 18.2. The van der Waals surface area contributed by atoms with Crippen molar-refractivity contribution in [3.05, 3.63) is 0 Å². The van der Waals surface area contributed by atoms with E-state index >= 15 is 0 Å². The summed E-state index contributed by atoms with van der Waals surface area (Å²) in [4.78, 5) is 34.7. The number of unbranched alkanes of at least 4 members (excludes halogenated alkanes) is 14. The molecule has 0 saturated carbocycles. The highest BCUT2D eigenvalue weighted by Gasteiger charge is 2.26. The summed E-state index contributed by atoms with van der Waals surface area (Å²) in [6.45, 7) is 8.73. The topological polar surface area (TPSA) is 62.3 Å². The molecule has 2 rings (SSSR count). The molecule has 2 aliphatic heterocycles. The van der Waals surface area contributed by atoms with Crippen molar-refractivity contribution in [2.75, 3.05) is 52.5 Å². The molecule has 0 aromatic rings. The van der Waals surface area contributed by atoms with Crippen molar-refractivity contribution < 1.29 is 19.2 Å². The van der Waals surface area contributed by atoms with Gasteiger partial charge in [0.1, 0.15) is 0 Å². The molecule has 0 bridgehead atoms. The van der Waals surface area contributed by atoms with Crippen LogP contribution in [-0.4, -0.2) is 85.8 Å². The molecule has 0 aliphatic carbocycles. The Balaban J connectivity index is 1.46. The predicted octanol–water partition coefficient (Wildman–Crippen LogP) is 7.13. The molecule has 7 nitrogen and oxygen atoms in total. The first-order valence-corrected chi connectivity index (χ1v) is 17.2. The highest BCUT2D eigenvalue weighted by Crippen LogP contribution is 2.22. The molecule has 2 aliphatic rings. The van der Waals surface area contributed by atoms with Crippen LogP contribution in [0.5, 0.6) is 0 Å². The second-order valence-electron chi connectivity index (χ2n) is 12.1. The maximum absolute atomic E-state index is 13.0. The Morgan fingerprint density at radius 2 is 1.43 bits per heavy atom. The number of likely N-dealkylation sites (tertiary alicyclic amines) is 1. The number of hydroxylamine groups is 2. The number of carbonyl (C=O) groups excluding carboxylic acids is 2. The van der Waals surface area contributed by atoms with Crippen LogP contribution in [0.4, 0.5) is 0 Å². The Morgan fingerprint density at radius 1 is 0.825 bits per heavy atom. The maximum Gasteiger partial charge on any atom is 0.233 e. The van der Waals surface area contributed by atoms with Gasteiger partial charge in [0.05, 0.1) is 19.8 Å². The zero-order valence-electron chi connectivity index (χ0n) is 26.1. The number of morpholine rings is 1. The minimum absolute atomic E-state index is 0.249. The van der Waals surface area contributed by atoms with Crippen LogP contribution in [-0.2, 0) is 19.2 Å². The number of hydrogen-bond donors (Lipinski definition) is 0. The summed E-state index contributed by atoms with van der Waals surface area (Å²) in [5.74, 6) is 0.317. The van der Waals surface area contributed by atoms with Crippen LogP contribution in [0.3, 0.4) is 0 Å². The number of nitrogens with zero attached hydrogens (tertiary/aromatic N) is 3. The molecular weight excluding hydrogens is 502 g/mol. The molecule has 0 radical (unpaired) electrons. The number of hydrogen-bond acceptors (Lipinski definition) is 5. The molecule has 0 aromatic carbocycles. The Kier molecular flexibility index (Phi) is 21.4. The minimum Gasteiger partial charge on any atom is -0.379 e. The molecule has 7 heteroatoms. The van der Waals surface area contributed by atoms with Crippen molar-refractivity contribution in [2.45, 2.75) is 148 Å². The molecule has 2 fully saturated rings. The monoisotopic (exact) mass is 565 g/mol. The zero-order chi connectivity index (χ0) is 28.5. The van der Waals surface area contributed by atoms with E-state index in [1.165, 1.54) is 101 Å². The van der Waals surface area contributed by atoms with Gasteiger partial charge in [0, 0.05) is 45.2 Å². The lowest BCUT2D eigenvalue weighted by Crippen LogP contribution is -2.44. The first kappa shape index (κ1) is 35.0. The van der Waals surface area contributed by atoms with Gasteiger partial charge in [0.15, 0.2) is 0 Å². The second-order valence-corrected chi connectivity index (χ2v) is 12.1. The van der Waals surface area contributed by atoms with Crippen LogP contribution in [0.15, 0.2) is 0 Å². The average Bonchev–Trinajstić information content (AvgIpc) is 2.99. The Bertz CT molecular complexity index is 615. The molecule has 2 saturated heterocycles. The van der Waals surface area contributed by atoms with Gasteiger partial charge in [-0.3, -0.25) is 19.3 Å². The van der Waals surface area contributed by atoms with Crippen LogP contribution >= 0.6 is 0 Å². The number of ether oxygens (including phenoxy) is 1. The fourth-order valence-corrected chi connectivity index (χ4v) is 6.15. The fraction of sp³-hybridized carbons (Fsp3) is 0.939. The van der Waals surface area contributed by atoms with Crippen molar-refractivity contribution in [3.8, 4) is 0 Å². The van der Waals surface area contributed by atoms with Crippen LogP contribution in [0.2, 0.25) is 0 Å². The van der Waals surface area contributed by atoms with E-state index in [2.05, 4.69) is 16.7 Å². The summed E-state index contributed by atoms with van der Waals surface area (Å²) in [6.07, 6.45) is 26.6. The quantitative estimate of drug-likeness (QED) is 0.0669. The lowest BCUT2D eigenvalue weighted by Gasteiger charge is -2.36. The molecule has 40 heavy (non-hydrogen) atoms. The van der Waals surface area contributed by atoms with E-state index in [1.807, 2.05) is 0 Å². The van der Waals surface area contributed by atoms with E-state index in [1.54, 1.807) is 0 Å². The highest BCUT2D eigenvalue weighted by atomic mass is 16.7. The third-order valence-corrected chi connectivity index (χ3v) is 8.72. The SMILES string of the molecule is CCCCCCCCCCCCCCCCCC(=O)N1CCCCC1CCON(C=O)CCCN1CCOCC1. The first-order valence-electron chi connectivity index (χ1n) is 17.2. The zero-order valence-corrected chi connectivity index (χ0v) is 26.1. The van der Waals surface area contributed by atoms with Gasteiger partial charge in [0.25, 0.3) is 0 Å². The highest BCUT2D eigenvalue weighted by molar-refractivity contribution is 5.76. The van der Waals surface area contributed by atoms with Gasteiger partial charge >= 0.3 is 0 Å². The number of carbonyl (C=O) groups is 2. The lowest BCUT2D eigenvalue weighted by molar-refractivity contribution is -0.175. The number of piperidine rings is 1. The van der Waals surface area contributed by atoms with Crippen molar-refractivity contribution in [3.63, 3.8) is 0 Å². The predicted molar refractivity (Wildman–Crippen MR) is 164 cm³/mol. The van der Waals surface area contributed by atoms with Gasteiger partial charge < -0.3 is 9.64 Å². The molecule has 2 heterocycles. The molecule has 1 unspecified atom stereocenters. The molecule has 0 N–H and O–H groups in total. The third kappa shape index (κ3) is 16.9. The van der Waals surface area contributed by atoms with Crippen LogP contribution in [0, 0.1) is 0 Å². The molecule has 234 valence electrons. The smallest absolute Gasteiger partial charge is 0.233 e. The summed E-state index contributed by atoms with van der Waals surface area (Å²) in [5.41, 5.74) is 0. The average molecular weight is 566 g/mol. The van der Waals surface area contributed by atoms with Gasteiger partial charge in [-0.05, 0) is 38.5 Å². The summed E-state index contributed by atoms with van der Waals surface area (Å²) in [5, 5.41) is 1.44. The van der Waals surface area contributed by atoms with Gasteiger partial charge in [-0.25, -0.2) is 5.06 Å². The first-order chi connectivity index (χ1) is 19.7. The van der Waals surface area contributed by atoms with Gasteiger partial charge in [-0.15, -0.1) is 0 Å². The third-order valence-electron chi connectivity index (χ3n) is 8.72. The van der Waals surface area contributed by atoms with E-state index in [9.17, 15) is 9.59 Å². The standard InChI is InChI=1S/C33H63N3O4/c1-2-3-4-5-6-7-8-9-10-11-12-13-14-15-16-21-33(38)36-25-18-17-20-32(36)22-28-40-35(31-37)24-19-23-34-26-29-39-30-27-34/h31-32H,2-30H2,1H3. The maximum atomic E-state index is 13.0. The van der Waals surface area contributed by atoms with Gasteiger partial charge in [0.2, 0.25) is 12.3 Å². The summed E-state index contributed by atoms with van der Waals surface area (Å²) >= 11 is 0. The van der Waals surface area contributed by atoms with Crippen LogP contribution < -0.4 is 0 Å². The number of amides is 2. The van der Waals surface area contributed by atoms with E-state index in [0.29, 0.717) is 25.5 Å². The van der Waals surface area contributed by atoms with Gasteiger partial charge in [-0.1, -0.05) is 96.8 Å². The fourth-order valence-electron chi connectivity index (χ4n) is 6.15. The largest absolute Gasteiger partial charge is 0.379 e. The summed E-state index contributed by atoms with van der Waals surface area (Å²) in [6, 6.07) is 0.249. The van der Waals surface area contributed by atoms with Crippen LogP contribution in [0.1, 0.15) is 142 Å². The molecule has 0 aromatic heterocycles. The molecule has 0 spiro atoms. The van der Waals surface area contributed by atoms with Crippen molar-refractivity contribution in [1.29, 1.82) is 0 Å². The van der Waals surface area contributed by atoms with Crippen LogP contribution in [0.25, 0.3) is 0 Å².